The quantitative estimate of drug-likeness (QED) is 0.926. The van der Waals surface area contributed by atoms with Gasteiger partial charge < -0.3 is 10.6 Å². The number of halogens is 1. The van der Waals surface area contributed by atoms with E-state index in [9.17, 15) is 4.39 Å². The molecule has 0 bridgehead atoms. The van der Waals surface area contributed by atoms with Gasteiger partial charge in [-0.2, -0.15) is 0 Å². The molecule has 4 heteroatoms. The van der Waals surface area contributed by atoms with Crippen molar-refractivity contribution in [3.8, 4) is 0 Å². The van der Waals surface area contributed by atoms with E-state index in [4.69, 9.17) is 5.73 Å². The number of hydrogen-bond acceptors (Lipinski definition) is 3. The largest absolute Gasteiger partial charge is 0.369 e. The van der Waals surface area contributed by atoms with Crippen molar-refractivity contribution in [3.05, 3.63) is 29.1 Å². The maximum absolute atomic E-state index is 13.8. The van der Waals surface area contributed by atoms with E-state index in [1.807, 2.05) is 19.9 Å². The molecule has 1 fully saturated rings. The number of aryl methyl sites for hydroxylation is 1. The molecule has 1 aliphatic rings. The molecule has 2 rings (SSSR count). The predicted molar refractivity (Wildman–Crippen MR) is 87.2 cm³/mol. The van der Waals surface area contributed by atoms with E-state index < -0.39 is 0 Å². The van der Waals surface area contributed by atoms with Gasteiger partial charge in [-0.1, -0.05) is 13.8 Å². The Morgan fingerprint density at radius 1 is 1.14 bits per heavy atom. The number of nitrogens with two attached hydrogens (primary N) is 1. The van der Waals surface area contributed by atoms with Gasteiger partial charge in [0.2, 0.25) is 0 Å². The Bertz CT molecular complexity index is 477. The molecule has 0 unspecified atom stereocenters. The lowest BCUT2D eigenvalue weighted by molar-refractivity contribution is 0.231. The van der Waals surface area contributed by atoms with Crippen molar-refractivity contribution in [3.63, 3.8) is 0 Å². The van der Waals surface area contributed by atoms with Crippen LogP contribution in [0, 0.1) is 18.7 Å². The Hall–Kier alpha value is -1.13. The van der Waals surface area contributed by atoms with Crippen LogP contribution in [-0.4, -0.2) is 37.6 Å². The Kier molecular flexibility index (Phi) is 5.22. The van der Waals surface area contributed by atoms with Crippen molar-refractivity contribution in [2.75, 3.05) is 37.6 Å². The van der Waals surface area contributed by atoms with Crippen molar-refractivity contribution >= 4 is 5.69 Å². The van der Waals surface area contributed by atoms with Crippen LogP contribution in [0.2, 0.25) is 0 Å². The zero-order valence-electron chi connectivity index (χ0n) is 13.7. The number of nitrogens with zero attached hydrogens (tertiary/aromatic N) is 2. The molecule has 0 saturated carbocycles. The second kappa shape index (κ2) is 6.75. The lowest BCUT2D eigenvalue weighted by Crippen LogP contribution is -2.47. The molecule has 0 aliphatic carbocycles. The summed E-state index contributed by atoms with van der Waals surface area (Å²) in [6, 6.07) is 3.41. The molecule has 1 atom stereocenters. The highest BCUT2D eigenvalue weighted by Crippen LogP contribution is 2.29. The van der Waals surface area contributed by atoms with Crippen LogP contribution in [0.4, 0.5) is 10.1 Å². The molecule has 0 aromatic heterocycles. The molecule has 0 amide bonds. The molecule has 3 nitrogen and oxygen atoms in total. The van der Waals surface area contributed by atoms with E-state index in [0.29, 0.717) is 11.5 Å². The number of rotatable bonds is 4. The highest BCUT2D eigenvalue weighted by molar-refractivity contribution is 5.57. The molecule has 1 aliphatic heterocycles. The Balaban J connectivity index is 2.14. The van der Waals surface area contributed by atoms with Crippen LogP contribution in [0.5, 0.6) is 0 Å². The summed E-state index contributed by atoms with van der Waals surface area (Å²) in [5.41, 5.74) is 8.74. The number of piperazine rings is 1. The fourth-order valence-electron chi connectivity index (χ4n) is 3.01. The van der Waals surface area contributed by atoms with Crippen LogP contribution >= 0.6 is 0 Å². The van der Waals surface area contributed by atoms with E-state index in [1.165, 1.54) is 0 Å². The summed E-state index contributed by atoms with van der Waals surface area (Å²) in [7, 11) is 0. The minimum atomic E-state index is -0.163. The van der Waals surface area contributed by atoms with Crippen LogP contribution in [0.25, 0.3) is 0 Å². The first-order valence-corrected chi connectivity index (χ1v) is 7.91. The van der Waals surface area contributed by atoms with Gasteiger partial charge in [-0.05, 0) is 43.0 Å². The van der Waals surface area contributed by atoms with Crippen LogP contribution in [0.15, 0.2) is 12.1 Å². The van der Waals surface area contributed by atoms with Crippen molar-refractivity contribution in [2.24, 2.45) is 11.7 Å². The minimum absolute atomic E-state index is 0.149. The van der Waals surface area contributed by atoms with Gasteiger partial charge in [-0.15, -0.1) is 0 Å². The van der Waals surface area contributed by atoms with E-state index in [2.05, 4.69) is 23.6 Å². The molecule has 2 N–H and O–H groups in total. The van der Waals surface area contributed by atoms with Gasteiger partial charge in [0.15, 0.2) is 0 Å². The maximum Gasteiger partial charge on any atom is 0.126 e. The topological polar surface area (TPSA) is 32.5 Å². The second-order valence-corrected chi connectivity index (χ2v) is 6.63. The monoisotopic (exact) mass is 293 g/mol. The molecule has 1 aromatic rings. The third-order valence-corrected chi connectivity index (χ3v) is 4.13. The standard InChI is InChI=1S/C17H28FN3/c1-12(2)11-20-5-7-21(8-6-20)17-9-13(3)16(18)10-15(17)14(4)19/h9-10,12,14H,5-8,11,19H2,1-4H3/t14-/m1/s1. The molecular weight excluding hydrogens is 265 g/mol. The summed E-state index contributed by atoms with van der Waals surface area (Å²) in [6.07, 6.45) is 0. The van der Waals surface area contributed by atoms with Gasteiger partial charge in [0, 0.05) is 44.5 Å². The van der Waals surface area contributed by atoms with Crippen molar-refractivity contribution < 1.29 is 4.39 Å². The van der Waals surface area contributed by atoms with Gasteiger partial charge in [0.25, 0.3) is 0 Å². The molecule has 1 aromatic carbocycles. The van der Waals surface area contributed by atoms with E-state index in [0.717, 1.165) is 44.0 Å². The first-order chi connectivity index (χ1) is 9.88. The SMILES string of the molecule is Cc1cc(N2CCN(CC(C)C)CC2)c([C@@H](C)N)cc1F. The van der Waals surface area contributed by atoms with Crippen molar-refractivity contribution in [2.45, 2.75) is 33.7 Å². The van der Waals surface area contributed by atoms with E-state index in [1.54, 1.807) is 6.07 Å². The Morgan fingerprint density at radius 2 is 1.76 bits per heavy atom. The molecule has 0 spiro atoms. The molecule has 118 valence electrons. The zero-order chi connectivity index (χ0) is 15.6. The highest BCUT2D eigenvalue weighted by atomic mass is 19.1. The Labute approximate surface area is 127 Å². The predicted octanol–water partition coefficient (Wildman–Crippen LogP) is 2.93. The minimum Gasteiger partial charge on any atom is -0.369 e. The molecular formula is C17H28FN3. The second-order valence-electron chi connectivity index (χ2n) is 6.63. The van der Waals surface area contributed by atoms with Crippen molar-refractivity contribution in [1.82, 2.24) is 4.90 Å². The van der Waals surface area contributed by atoms with Crippen LogP contribution in [0.3, 0.4) is 0 Å². The number of anilines is 1. The summed E-state index contributed by atoms with van der Waals surface area (Å²) in [5.74, 6) is 0.536. The molecule has 1 heterocycles. The first kappa shape index (κ1) is 16.2. The average molecular weight is 293 g/mol. The lowest BCUT2D eigenvalue weighted by Gasteiger charge is -2.38. The van der Waals surface area contributed by atoms with Gasteiger partial charge in [0.05, 0.1) is 0 Å². The van der Waals surface area contributed by atoms with Gasteiger partial charge in [-0.25, -0.2) is 4.39 Å². The summed E-state index contributed by atoms with van der Waals surface area (Å²) in [4.78, 5) is 4.85. The van der Waals surface area contributed by atoms with Gasteiger partial charge in [0.1, 0.15) is 5.82 Å². The lowest BCUT2D eigenvalue weighted by atomic mass is 10.0. The van der Waals surface area contributed by atoms with Crippen LogP contribution in [-0.2, 0) is 0 Å². The van der Waals surface area contributed by atoms with E-state index >= 15 is 0 Å². The summed E-state index contributed by atoms with van der Waals surface area (Å²) in [6.45, 7) is 13.5. The molecule has 21 heavy (non-hydrogen) atoms. The van der Waals surface area contributed by atoms with Crippen molar-refractivity contribution in [1.29, 1.82) is 0 Å². The summed E-state index contributed by atoms with van der Waals surface area (Å²) >= 11 is 0. The average Bonchev–Trinajstić information content (AvgIpc) is 2.41. The number of benzene rings is 1. The Morgan fingerprint density at radius 3 is 2.29 bits per heavy atom. The van der Waals surface area contributed by atoms with E-state index in [-0.39, 0.29) is 11.9 Å². The van der Waals surface area contributed by atoms with Gasteiger partial charge >= 0.3 is 0 Å². The molecule has 0 radical (unpaired) electrons. The summed E-state index contributed by atoms with van der Waals surface area (Å²) < 4.78 is 13.8. The zero-order valence-corrected chi connectivity index (χ0v) is 13.7. The maximum atomic E-state index is 13.8. The normalized spacial score (nSPS) is 18.3. The smallest absolute Gasteiger partial charge is 0.126 e. The number of hydrogen-bond donors (Lipinski definition) is 1. The fourth-order valence-corrected chi connectivity index (χ4v) is 3.01. The van der Waals surface area contributed by atoms with Crippen LogP contribution < -0.4 is 10.6 Å². The third kappa shape index (κ3) is 3.95. The fraction of sp³-hybridized carbons (Fsp3) is 0.647. The summed E-state index contributed by atoms with van der Waals surface area (Å²) in [5, 5.41) is 0. The van der Waals surface area contributed by atoms with Crippen LogP contribution in [0.1, 0.15) is 37.9 Å². The molecule has 1 saturated heterocycles. The highest BCUT2D eigenvalue weighted by Gasteiger charge is 2.21. The van der Waals surface area contributed by atoms with Gasteiger partial charge in [-0.3, -0.25) is 4.90 Å². The first-order valence-electron chi connectivity index (χ1n) is 7.91. The third-order valence-electron chi connectivity index (χ3n) is 4.13.